The first kappa shape index (κ1) is 93.1. The van der Waals surface area contributed by atoms with Crippen molar-refractivity contribution in [2.75, 3.05) is 39.6 Å². The first-order valence-corrected chi connectivity index (χ1v) is 42.3. The average molecular weight is 1400 g/mol. The maximum Gasteiger partial charge on any atom is 0.472 e. The number of ether oxygens (including phenoxy) is 4. The van der Waals surface area contributed by atoms with Crippen LogP contribution in [0.15, 0.2) is 0 Å². The summed E-state index contributed by atoms with van der Waals surface area (Å²) in [7, 11) is -9.91. The standard InChI is InChI=1S/C76H148O17P2/c1-8-9-10-11-12-13-14-15-16-17-20-25-30-35-43-50-57-73(78)86-63-71(92-75(80)59-52-45-36-31-26-21-18-19-23-28-33-40-47-54-67(2)3)65-90-94(82,83)88-61-70(77)62-89-95(84,85)91-66-72(64-87-74(79)58-51-44-39-38-42-49-56-69(6)7)93-76(81)60-53-46-37-32-27-22-24-29-34-41-48-55-68(4)5/h67-72,77H,8-66H2,1-7H3,(H,82,83)(H,84,85)/t70-,71-,72-/m1/s1. The van der Waals surface area contributed by atoms with Crippen molar-refractivity contribution in [3.05, 3.63) is 0 Å². The van der Waals surface area contributed by atoms with Gasteiger partial charge in [0.15, 0.2) is 12.2 Å². The molecule has 17 nitrogen and oxygen atoms in total. The van der Waals surface area contributed by atoms with Gasteiger partial charge < -0.3 is 33.8 Å². The van der Waals surface area contributed by atoms with E-state index < -0.39 is 97.5 Å². The highest BCUT2D eigenvalue weighted by atomic mass is 31.2. The lowest BCUT2D eigenvalue weighted by molar-refractivity contribution is -0.161. The van der Waals surface area contributed by atoms with Gasteiger partial charge in [0, 0.05) is 25.7 Å². The summed E-state index contributed by atoms with van der Waals surface area (Å²) in [6.07, 6.45) is 52.8. The lowest BCUT2D eigenvalue weighted by Crippen LogP contribution is -2.30. The predicted molar refractivity (Wildman–Crippen MR) is 386 cm³/mol. The zero-order chi connectivity index (χ0) is 70.1. The fraction of sp³-hybridized carbons (Fsp3) is 0.947. The van der Waals surface area contributed by atoms with Crippen LogP contribution in [0.25, 0.3) is 0 Å². The number of phosphoric acid groups is 2. The summed E-state index contributed by atoms with van der Waals surface area (Å²) in [5.74, 6) is 0.112. The molecule has 0 aliphatic rings. The van der Waals surface area contributed by atoms with E-state index in [-0.39, 0.29) is 25.7 Å². The maximum atomic E-state index is 13.1. The molecule has 0 aliphatic carbocycles. The predicted octanol–water partition coefficient (Wildman–Crippen LogP) is 22.2. The third-order valence-corrected chi connectivity index (χ3v) is 19.5. The second kappa shape index (κ2) is 66.6. The van der Waals surface area contributed by atoms with E-state index in [0.29, 0.717) is 31.6 Å². The molecule has 19 heteroatoms. The first-order chi connectivity index (χ1) is 45.7. The second-order valence-corrected chi connectivity index (χ2v) is 31.7. The van der Waals surface area contributed by atoms with Crippen LogP contribution >= 0.6 is 15.6 Å². The van der Waals surface area contributed by atoms with Crippen LogP contribution in [0.3, 0.4) is 0 Å². The lowest BCUT2D eigenvalue weighted by atomic mass is 10.0. The van der Waals surface area contributed by atoms with Crippen molar-refractivity contribution in [3.8, 4) is 0 Å². The largest absolute Gasteiger partial charge is 0.472 e. The molecule has 0 aliphatic heterocycles. The minimum atomic E-state index is -4.96. The Bertz CT molecular complexity index is 1850. The van der Waals surface area contributed by atoms with Crippen LogP contribution in [-0.4, -0.2) is 96.7 Å². The van der Waals surface area contributed by atoms with E-state index in [4.69, 9.17) is 37.0 Å². The van der Waals surface area contributed by atoms with Gasteiger partial charge >= 0.3 is 39.5 Å². The van der Waals surface area contributed by atoms with Crippen molar-refractivity contribution in [1.82, 2.24) is 0 Å². The van der Waals surface area contributed by atoms with Gasteiger partial charge in [0.25, 0.3) is 0 Å². The molecule has 0 spiro atoms. The summed E-state index contributed by atoms with van der Waals surface area (Å²) in [4.78, 5) is 72.8. The van der Waals surface area contributed by atoms with Crippen molar-refractivity contribution in [2.24, 2.45) is 17.8 Å². The normalized spacial score (nSPS) is 14.1. The SMILES string of the molecule is CCCCCCCCCCCCCCCCCCC(=O)OC[C@H](COP(=O)(O)OC[C@@H](O)COP(=O)(O)OC[C@@H](COC(=O)CCCCCCCCC(C)C)OC(=O)CCCCCCCCCCCCCC(C)C)OC(=O)CCCCCCCCCCCCCCCC(C)C. The number of esters is 4. The third kappa shape index (κ3) is 70.3. The van der Waals surface area contributed by atoms with Gasteiger partial charge in [-0.2, -0.15) is 0 Å². The molecule has 3 N–H and O–H groups in total. The van der Waals surface area contributed by atoms with E-state index in [1.807, 2.05) is 0 Å². The van der Waals surface area contributed by atoms with Gasteiger partial charge in [-0.05, 0) is 43.4 Å². The van der Waals surface area contributed by atoms with E-state index in [1.165, 1.54) is 193 Å². The molecule has 0 saturated carbocycles. The Morgan fingerprint density at radius 1 is 0.284 bits per heavy atom. The summed E-state index contributed by atoms with van der Waals surface area (Å²) < 4.78 is 68.5. The number of aliphatic hydroxyl groups is 1. The number of unbranched alkanes of at least 4 members (excludes halogenated alkanes) is 42. The van der Waals surface area contributed by atoms with Crippen LogP contribution in [0.1, 0.15) is 389 Å². The topological polar surface area (TPSA) is 237 Å². The van der Waals surface area contributed by atoms with Crippen LogP contribution in [0.2, 0.25) is 0 Å². The highest BCUT2D eigenvalue weighted by Gasteiger charge is 2.30. The fourth-order valence-electron chi connectivity index (χ4n) is 11.6. The molecule has 0 heterocycles. The molecule has 0 bridgehead atoms. The summed E-state index contributed by atoms with van der Waals surface area (Å²) >= 11 is 0. The van der Waals surface area contributed by atoms with E-state index >= 15 is 0 Å². The molecule has 0 aromatic rings. The summed E-state index contributed by atoms with van der Waals surface area (Å²) in [6, 6.07) is 0. The number of hydrogen-bond acceptors (Lipinski definition) is 15. The molecule has 95 heavy (non-hydrogen) atoms. The van der Waals surface area contributed by atoms with Crippen LogP contribution < -0.4 is 0 Å². The van der Waals surface area contributed by atoms with Crippen molar-refractivity contribution in [2.45, 2.75) is 407 Å². The van der Waals surface area contributed by atoms with Crippen molar-refractivity contribution in [1.29, 1.82) is 0 Å². The van der Waals surface area contributed by atoms with Crippen molar-refractivity contribution >= 4 is 39.5 Å². The molecular formula is C76H148O17P2. The van der Waals surface area contributed by atoms with Crippen LogP contribution in [-0.2, 0) is 65.4 Å². The average Bonchev–Trinajstić information content (AvgIpc) is 1.40. The molecule has 0 saturated heterocycles. The lowest BCUT2D eigenvalue weighted by Gasteiger charge is -2.21. The molecule has 0 aromatic heterocycles. The van der Waals surface area contributed by atoms with Gasteiger partial charge in [-0.15, -0.1) is 0 Å². The highest BCUT2D eigenvalue weighted by molar-refractivity contribution is 7.47. The minimum absolute atomic E-state index is 0.105. The highest BCUT2D eigenvalue weighted by Crippen LogP contribution is 2.45. The molecule has 564 valence electrons. The Hall–Kier alpha value is -1.94. The minimum Gasteiger partial charge on any atom is -0.462 e. The number of phosphoric ester groups is 2. The van der Waals surface area contributed by atoms with E-state index in [0.717, 1.165) is 108 Å². The van der Waals surface area contributed by atoms with Crippen molar-refractivity contribution < 1.29 is 80.2 Å². The molecule has 5 atom stereocenters. The van der Waals surface area contributed by atoms with Crippen LogP contribution in [0.4, 0.5) is 0 Å². The van der Waals surface area contributed by atoms with Gasteiger partial charge in [0.05, 0.1) is 26.4 Å². The molecule has 0 amide bonds. The zero-order valence-corrected chi connectivity index (χ0v) is 63.9. The Labute approximate surface area is 581 Å². The Morgan fingerprint density at radius 2 is 0.484 bits per heavy atom. The summed E-state index contributed by atoms with van der Waals surface area (Å²) in [5, 5.41) is 10.6. The van der Waals surface area contributed by atoms with Gasteiger partial charge in [0.2, 0.25) is 0 Å². The number of carbonyl (C=O) groups excluding carboxylic acids is 4. The molecule has 2 unspecified atom stereocenters. The molecule has 0 aromatic carbocycles. The van der Waals surface area contributed by atoms with Gasteiger partial charge in [-0.25, -0.2) is 9.13 Å². The van der Waals surface area contributed by atoms with E-state index in [9.17, 15) is 43.2 Å². The number of rotatable bonds is 74. The van der Waals surface area contributed by atoms with Gasteiger partial charge in [-0.3, -0.25) is 37.3 Å². The summed E-state index contributed by atoms with van der Waals surface area (Å²) in [5.41, 5.74) is 0. The van der Waals surface area contributed by atoms with Crippen LogP contribution in [0, 0.1) is 17.8 Å². The van der Waals surface area contributed by atoms with Gasteiger partial charge in [-0.1, -0.05) is 337 Å². The van der Waals surface area contributed by atoms with Gasteiger partial charge in [0.1, 0.15) is 19.3 Å². The molecule has 0 radical (unpaired) electrons. The number of hydrogen-bond donors (Lipinski definition) is 3. The number of carbonyl (C=O) groups is 4. The fourth-order valence-corrected chi connectivity index (χ4v) is 13.2. The Balaban J connectivity index is 5.24. The maximum absolute atomic E-state index is 13.1. The molecular weight excluding hydrogens is 1250 g/mol. The first-order valence-electron chi connectivity index (χ1n) is 39.3. The van der Waals surface area contributed by atoms with E-state index in [1.54, 1.807) is 0 Å². The van der Waals surface area contributed by atoms with Crippen molar-refractivity contribution in [3.63, 3.8) is 0 Å². The van der Waals surface area contributed by atoms with Crippen LogP contribution in [0.5, 0.6) is 0 Å². The summed E-state index contributed by atoms with van der Waals surface area (Å²) in [6.45, 7) is 11.8. The molecule has 0 fully saturated rings. The number of aliphatic hydroxyl groups excluding tert-OH is 1. The smallest absolute Gasteiger partial charge is 0.462 e. The Morgan fingerprint density at radius 3 is 0.716 bits per heavy atom. The monoisotopic (exact) mass is 1400 g/mol. The second-order valence-electron chi connectivity index (χ2n) is 28.8. The third-order valence-electron chi connectivity index (χ3n) is 17.6. The quantitative estimate of drug-likeness (QED) is 0.0222. The zero-order valence-electron chi connectivity index (χ0n) is 62.1. The molecule has 0 rings (SSSR count). The Kier molecular flexibility index (Phi) is 65.2. The van der Waals surface area contributed by atoms with E-state index in [2.05, 4.69) is 48.5 Å².